The Morgan fingerprint density at radius 1 is 1.12 bits per heavy atom. The normalized spacial score (nSPS) is 10.6. The number of aromatic nitrogens is 2. The molecule has 5 heteroatoms. The largest absolute Gasteiger partial charge is 0.331 e. The van der Waals surface area contributed by atoms with Crippen molar-refractivity contribution in [3.05, 3.63) is 47.1 Å². The summed E-state index contributed by atoms with van der Waals surface area (Å²) >= 11 is 5.01. The lowest BCUT2D eigenvalue weighted by atomic mass is 10.3. The maximum atomic E-state index is 4.42. The summed E-state index contributed by atoms with van der Waals surface area (Å²) in [5, 5.41) is 4.13. The Kier molecular flexibility index (Phi) is 2.78. The highest BCUT2D eigenvalue weighted by Gasteiger charge is 2.03. The zero-order valence-corrected chi connectivity index (χ0v) is 11.1. The number of halogens is 1. The number of thiazole rings is 1. The molecule has 84 valence electrons. The number of nitrogens with zero attached hydrogens (tertiary/aromatic N) is 2. The Balaban J connectivity index is 1.92. The van der Waals surface area contributed by atoms with Crippen LogP contribution in [0.1, 0.15) is 0 Å². The van der Waals surface area contributed by atoms with Crippen molar-refractivity contribution in [2.45, 2.75) is 0 Å². The van der Waals surface area contributed by atoms with Gasteiger partial charge in [-0.3, -0.25) is 0 Å². The molecule has 0 aliphatic rings. The van der Waals surface area contributed by atoms with Gasteiger partial charge in [-0.1, -0.05) is 27.3 Å². The first-order chi connectivity index (χ1) is 8.31. The van der Waals surface area contributed by atoms with E-state index in [0.29, 0.717) is 0 Å². The van der Waals surface area contributed by atoms with Crippen LogP contribution in [0.3, 0.4) is 0 Å². The molecule has 0 atom stereocenters. The standard InChI is InChI=1S/C12H8BrN3S/c13-8-3-5-9(6-4-8)15-12-16-11-10(17-12)2-1-7-14-11/h1-7H,(H,14,15,16). The van der Waals surface area contributed by atoms with E-state index in [1.807, 2.05) is 36.4 Å². The van der Waals surface area contributed by atoms with Crippen LogP contribution in [-0.4, -0.2) is 9.97 Å². The van der Waals surface area contributed by atoms with Crippen molar-refractivity contribution in [2.24, 2.45) is 0 Å². The van der Waals surface area contributed by atoms with Gasteiger partial charge in [-0.25, -0.2) is 4.98 Å². The van der Waals surface area contributed by atoms with Crippen molar-refractivity contribution in [3.63, 3.8) is 0 Å². The van der Waals surface area contributed by atoms with E-state index in [1.165, 1.54) is 0 Å². The molecule has 0 amide bonds. The predicted molar refractivity (Wildman–Crippen MR) is 74.8 cm³/mol. The topological polar surface area (TPSA) is 37.8 Å². The van der Waals surface area contributed by atoms with Crippen LogP contribution in [0.15, 0.2) is 47.1 Å². The minimum Gasteiger partial charge on any atom is -0.331 e. The summed E-state index contributed by atoms with van der Waals surface area (Å²) in [4.78, 5) is 8.62. The van der Waals surface area contributed by atoms with E-state index in [2.05, 4.69) is 31.2 Å². The van der Waals surface area contributed by atoms with Crippen LogP contribution < -0.4 is 5.32 Å². The van der Waals surface area contributed by atoms with Crippen LogP contribution >= 0.6 is 27.3 Å². The SMILES string of the molecule is Brc1ccc(Nc2nc3ncccc3s2)cc1. The Morgan fingerprint density at radius 3 is 2.71 bits per heavy atom. The summed E-state index contributed by atoms with van der Waals surface area (Å²) in [5.74, 6) is 0. The van der Waals surface area contributed by atoms with Gasteiger partial charge in [-0.2, -0.15) is 4.98 Å². The van der Waals surface area contributed by atoms with Gasteiger partial charge in [0.1, 0.15) is 0 Å². The fourth-order valence-corrected chi connectivity index (χ4v) is 2.59. The maximum absolute atomic E-state index is 4.42. The second-order valence-corrected chi connectivity index (χ2v) is 5.42. The van der Waals surface area contributed by atoms with Crippen LogP contribution in [0, 0.1) is 0 Å². The van der Waals surface area contributed by atoms with Crippen LogP contribution in [0.5, 0.6) is 0 Å². The molecule has 3 aromatic rings. The molecule has 0 unspecified atom stereocenters. The lowest BCUT2D eigenvalue weighted by Crippen LogP contribution is -1.88. The molecule has 2 heterocycles. The molecule has 0 spiro atoms. The van der Waals surface area contributed by atoms with Gasteiger partial charge in [0, 0.05) is 16.4 Å². The Morgan fingerprint density at radius 2 is 1.94 bits per heavy atom. The van der Waals surface area contributed by atoms with E-state index in [9.17, 15) is 0 Å². The average Bonchev–Trinajstić information content (AvgIpc) is 2.74. The third-order valence-electron chi connectivity index (χ3n) is 2.26. The quantitative estimate of drug-likeness (QED) is 0.771. The molecule has 1 aromatic carbocycles. The lowest BCUT2D eigenvalue weighted by molar-refractivity contribution is 1.32. The third kappa shape index (κ3) is 2.30. The summed E-state index contributed by atoms with van der Waals surface area (Å²) in [6, 6.07) is 11.9. The van der Waals surface area contributed by atoms with Gasteiger partial charge in [0.25, 0.3) is 0 Å². The predicted octanol–water partition coefficient (Wildman–Crippen LogP) is 4.20. The molecule has 0 fully saturated rings. The van der Waals surface area contributed by atoms with E-state index in [0.717, 1.165) is 25.6 Å². The summed E-state index contributed by atoms with van der Waals surface area (Å²) in [6.45, 7) is 0. The van der Waals surface area contributed by atoms with Gasteiger partial charge in [0.05, 0.1) is 4.70 Å². The Bertz CT molecular complexity index is 615. The second-order valence-electron chi connectivity index (χ2n) is 3.48. The van der Waals surface area contributed by atoms with Crippen molar-refractivity contribution in [1.29, 1.82) is 0 Å². The van der Waals surface area contributed by atoms with Gasteiger partial charge in [0.2, 0.25) is 0 Å². The maximum Gasteiger partial charge on any atom is 0.189 e. The summed E-state index contributed by atoms with van der Waals surface area (Å²) in [6.07, 6.45) is 1.76. The molecule has 0 saturated heterocycles. The van der Waals surface area contributed by atoms with E-state index in [4.69, 9.17) is 0 Å². The van der Waals surface area contributed by atoms with Crippen LogP contribution in [0.2, 0.25) is 0 Å². The summed E-state index contributed by atoms with van der Waals surface area (Å²) < 4.78 is 2.15. The van der Waals surface area contributed by atoms with Crippen molar-refractivity contribution in [3.8, 4) is 0 Å². The smallest absolute Gasteiger partial charge is 0.189 e. The molecule has 0 bridgehead atoms. The first kappa shape index (κ1) is 10.7. The zero-order chi connectivity index (χ0) is 11.7. The van der Waals surface area contributed by atoms with Crippen LogP contribution in [0.4, 0.5) is 10.8 Å². The lowest BCUT2D eigenvalue weighted by Gasteiger charge is -2.01. The highest BCUT2D eigenvalue weighted by atomic mass is 79.9. The van der Waals surface area contributed by atoms with Crippen LogP contribution in [-0.2, 0) is 0 Å². The number of hydrogen-bond acceptors (Lipinski definition) is 4. The third-order valence-corrected chi connectivity index (χ3v) is 3.71. The van der Waals surface area contributed by atoms with Gasteiger partial charge >= 0.3 is 0 Å². The molecular formula is C12H8BrN3S. The fourth-order valence-electron chi connectivity index (χ4n) is 1.48. The second kappa shape index (κ2) is 4.43. The highest BCUT2D eigenvalue weighted by molar-refractivity contribution is 9.10. The van der Waals surface area contributed by atoms with E-state index < -0.39 is 0 Å². The highest BCUT2D eigenvalue weighted by Crippen LogP contribution is 2.27. The first-order valence-corrected chi connectivity index (χ1v) is 6.66. The molecule has 0 aliphatic carbocycles. The number of nitrogens with one attached hydrogen (secondary N) is 1. The molecule has 0 saturated carbocycles. The monoisotopic (exact) mass is 305 g/mol. The minimum atomic E-state index is 0.789. The molecular weight excluding hydrogens is 298 g/mol. The van der Waals surface area contributed by atoms with Crippen molar-refractivity contribution in [2.75, 3.05) is 5.32 Å². The molecule has 2 aromatic heterocycles. The zero-order valence-electron chi connectivity index (χ0n) is 8.72. The Labute approximate surface area is 111 Å². The molecule has 1 N–H and O–H groups in total. The van der Waals surface area contributed by atoms with Gasteiger partial charge in [-0.05, 0) is 36.4 Å². The fraction of sp³-hybridized carbons (Fsp3) is 0. The first-order valence-electron chi connectivity index (χ1n) is 5.05. The average molecular weight is 306 g/mol. The van der Waals surface area contributed by atoms with E-state index >= 15 is 0 Å². The Hall–Kier alpha value is -1.46. The molecule has 3 nitrogen and oxygen atoms in total. The molecule has 3 rings (SSSR count). The van der Waals surface area contributed by atoms with Gasteiger partial charge in [0.15, 0.2) is 10.8 Å². The number of anilines is 2. The van der Waals surface area contributed by atoms with Gasteiger partial charge in [-0.15, -0.1) is 0 Å². The number of hydrogen-bond donors (Lipinski definition) is 1. The minimum absolute atomic E-state index is 0.789. The number of rotatable bonds is 2. The summed E-state index contributed by atoms with van der Waals surface area (Å²) in [7, 11) is 0. The van der Waals surface area contributed by atoms with Crippen molar-refractivity contribution >= 4 is 48.4 Å². The number of pyridine rings is 1. The number of benzene rings is 1. The van der Waals surface area contributed by atoms with Crippen LogP contribution in [0.25, 0.3) is 10.3 Å². The summed E-state index contributed by atoms with van der Waals surface area (Å²) in [5.41, 5.74) is 1.81. The molecule has 0 radical (unpaired) electrons. The number of fused-ring (bicyclic) bond motifs is 1. The van der Waals surface area contributed by atoms with E-state index in [1.54, 1.807) is 17.5 Å². The molecule has 0 aliphatic heterocycles. The van der Waals surface area contributed by atoms with E-state index in [-0.39, 0.29) is 0 Å². The van der Waals surface area contributed by atoms with Crippen molar-refractivity contribution < 1.29 is 0 Å². The van der Waals surface area contributed by atoms with Gasteiger partial charge < -0.3 is 5.32 Å². The van der Waals surface area contributed by atoms with Crippen molar-refractivity contribution in [1.82, 2.24) is 9.97 Å². The molecule has 17 heavy (non-hydrogen) atoms.